The molecule has 2 aliphatic rings. The van der Waals surface area contributed by atoms with E-state index in [1.165, 1.54) is 0 Å². The Morgan fingerprint density at radius 1 is 1.56 bits per heavy atom. The Kier molecular flexibility index (Phi) is 3.14. The third-order valence-corrected chi connectivity index (χ3v) is 3.29. The molecule has 1 heterocycles. The molecule has 0 aromatic rings. The van der Waals surface area contributed by atoms with Gasteiger partial charge in [-0.2, -0.15) is 0 Å². The lowest BCUT2D eigenvalue weighted by Crippen LogP contribution is -2.53. The zero-order valence-electron chi connectivity index (χ0n) is 9.61. The van der Waals surface area contributed by atoms with E-state index < -0.39 is 0 Å². The van der Waals surface area contributed by atoms with E-state index in [9.17, 15) is 9.59 Å². The number of rotatable bonds is 3. The Labute approximate surface area is 95.3 Å². The summed E-state index contributed by atoms with van der Waals surface area (Å²) < 4.78 is 0. The molecular weight excluding hydrogens is 206 g/mol. The van der Waals surface area contributed by atoms with E-state index in [2.05, 4.69) is 5.32 Å². The summed E-state index contributed by atoms with van der Waals surface area (Å²) in [6.07, 6.45) is 2.59. The van der Waals surface area contributed by atoms with Gasteiger partial charge < -0.3 is 16.0 Å². The number of nitrogens with one attached hydrogen (secondary N) is 1. The van der Waals surface area contributed by atoms with Gasteiger partial charge in [0.05, 0.1) is 6.54 Å². The number of hydrogen-bond donors (Lipinski definition) is 2. The van der Waals surface area contributed by atoms with E-state index >= 15 is 0 Å². The number of piperidine rings is 1. The standard InChI is InChI=1S/C11H19N3O2/c1-7-4-11(16)14(5-9(7)12)6-10(15)13-8-2-3-8/h7-9H,2-6,12H2,1H3,(H,13,15). The number of likely N-dealkylation sites (tertiary alicyclic amines) is 1. The van der Waals surface area contributed by atoms with Crippen LogP contribution in [0.25, 0.3) is 0 Å². The molecular formula is C11H19N3O2. The van der Waals surface area contributed by atoms with Gasteiger partial charge in [-0.15, -0.1) is 0 Å². The molecule has 0 bridgehead atoms. The van der Waals surface area contributed by atoms with E-state index in [0.29, 0.717) is 19.0 Å². The number of nitrogens with zero attached hydrogens (tertiary/aromatic N) is 1. The topological polar surface area (TPSA) is 75.4 Å². The van der Waals surface area contributed by atoms with Crippen LogP contribution in [0.4, 0.5) is 0 Å². The molecule has 0 aromatic heterocycles. The highest BCUT2D eigenvalue weighted by Gasteiger charge is 2.31. The lowest BCUT2D eigenvalue weighted by molar-refractivity contribution is -0.139. The van der Waals surface area contributed by atoms with Crippen LogP contribution in [0.1, 0.15) is 26.2 Å². The van der Waals surface area contributed by atoms with Gasteiger partial charge >= 0.3 is 0 Å². The van der Waals surface area contributed by atoms with Gasteiger partial charge in [0, 0.05) is 25.0 Å². The van der Waals surface area contributed by atoms with Gasteiger partial charge in [-0.1, -0.05) is 6.92 Å². The van der Waals surface area contributed by atoms with Crippen molar-refractivity contribution in [2.75, 3.05) is 13.1 Å². The summed E-state index contributed by atoms with van der Waals surface area (Å²) in [7, 11) is 0. The fourth-order valence-corrected chi connectivity index (χ4v) is 1.92. The lowest BCUT2D eigenvalue weighted by atomic mass is 9.94. The van der Waals surface area contributed by atoms with Gasteiger partial charge in [-0.25, -0.2) is 0 Å². The van der Waals surface area contributed by atoms with E-state index in [4.69, 9.17) is 5.73 Å². The van der Waals surface area contributed by atoms with Crippen molar-refractivity contribution in [3.8, 4) is 0 Å². The minimum atomic E-state index is -0.0578. The summed E-state index contributed by atoms with van der Waals surface area (Å²) in [5.74, 6) is 0.202. The van der Waals surface area contributed by atoms with Gasteiger partial charge in [0.2, 0.25) is 11.8 Å². The Morgan fingerprint density at radius 2 is 2.25 bits per heavy atom. The van der Waals surface area contributed by atoms with Gasteiger partial charge in [-0.05, 0) is 18.8 Å². The smallest absolute Gasteiger partial charge is 0.239 e. The second kappa shape index (κ2) is 4.41. The molecule has 0 spiro atoms. The predicted octanol–water partition coefficient (Wildman–Crippen LogP) is -0.539. The summed E-state index contributed by atoms with van der Waals surface area (Å²) >= 11 is 0. The minimum Gasteiger partial charge on any atom is -0.352 e. The molecule has 5 nitrogen and oxygen atoms in total. The molecule has 16 heavy (non-hydrogen) atoms. The Balaban J connectivity index is 1.83. The maximum atomic E-state index is 11.7. The normalized spacial score (nSPS) is 30.4. The fraction of sp³-hybridized carbons (Fsp3) is 0.818. The van der Waals surface area contributed by atoms with Crippen LogP contribution < -0.4 is 11.1 Å². The summed E-state index contributed by atoms with van der Waals surface area (Å²) in [6, 6.07) is 0.339. The first-order valence-electron chi connectivity index (χ1n) is 5.89. The van der Waals surface area contributed by atoms with Crippen LogP contribution in [0.15, 0.2) is 0 Å². The third kappa shape index (κ3) is 2.72. The first-order valence-corrected chi connectivity index (χ1v) is 5.89. The van der Waals surface area contributed by atoms with E-state index in [1.54, 1.807) is 4.90 Å². The number of nitrogens with two attached hydrogens (primary N) is 1. The number of carbonyl (C=O) groups excluding carboxylic acids is 2. The van der Waals surface area contributed by atoms with Crippen LogP contribution in [-0.4, -0.2) is 41.9 Å². The fourth-order valence-electron chi connectivity index (χ4n) is 1.92. The van der Waals surface area contributed by atoms with Crippen molar-refractivity contribution in [1.29, 1.82) is 0 Å². The molecule has 0 aromatic carbocycles. The first kappa shape index (κ1) is 11.4. The molecule has 2 amide bonds. The summed E-state index contributed by atoms with van der Waals surface area (Å²) in [6.45, 7) is 2.64. The highest BCUT2D eigenvalue weighted by Crippen LogP contribution is 2.19. The van der Waals surface area contributed by atoms with E-state index in [0.717, 1.165) is 12.8 Å². The molecule has 2 rings (SSSR count). The van der Waals surface area contributed by atoms with Crippen molar-refractivity contribution in [2.45, 2.75) is 38.3 Å². The quantitative estimate of drug-likeness (QED) is 0.677. The van der Waals surface area contributed by atoms with Gasteiger partial charge in [0.25, 0.3) is 0 Å². The SMILES string of the molecule is CC1CC(=O)N(CC(=O)NC2CC2)CC1N. The summed E-state index contributed by atoms with van der Waals surface area (Å²) in [5.41, 5.74) is 5.89. The van der Waals surface area contributed by atoms with Crippen molar-refractivity contribution in [3.05, 3.63) is 0 Å². The highest BCUT2D eigenvalue weighted by molar-refractivity contribution is 5.85. The number of amides is 2. The average Bonchev–Trinajstić information content (AvgIpc) is 2.98. The Hall–Kier alpha value is -1.10. The molecule has 90 valence electrons. The molecule has 1 aliphatic heterocycles. The van der Waals surface area contributed by atoms with E-state index in [-0.39, 0.29) is 30.3 Å². The molecule has 3 N–H and O–H groups in total. The molecule has 1 saturated heterocycles. The maximum absolute atomic E-state index is 11.7. The van der Waals surface area contributed by atoms with E-state index in [1.807, 2.05) is 6.92 Å². The predicted molar refractivity (Wildman–Crippen MR) is 59.5 cm³/mol. The van der Waals surface area contributed by atoms with Crippen molar-refractivity contribution >= 4 is 11.8 Å². The summed E-state index contributed by atoms with van der Waals surface area (Å²) in [5, 5.41) is 2.87. The Morgan fingerprint density at radius 3 is 2.88 bits per heavy atom. The molecule has 0 radical (unpaired) electrons. The van der Waals surface area contributed by atoms with Crippen molar-refractivity contribution < 1.29 is 9.59 Å². The first-order chi connectivity index (χ1) is 7.56. The van der Waals surface area contributed by atoms with Gasteiger partial charge in [0.1, 0.15) is 0 Å². The molecule has 1 aliphatic carbocycles. The largest absolute Gasteiger partial charge is 0.352 e. The second-order valence-corrected chi connectivity index (χ2v) is 4.96. The second-order valence-electron chi connectivity index (χ2n) is 4.96. The van der Waals surface area contributed by atoms with Crippen molar-refractivity contribution in [2.24, 2.45) is 11.7 Å². The highest BCUT2D eigenvalue weighted by atomic mass is 16.2. The third-order valence-electron chi connectivity index (χ3n) is 3.29. The zero-order chi connectivity index (χ0) is 11.7. The van der Waals surface area contributed by atoms with Gasteiger partial charge in [0.15, 0.2) is 0 Å². The molecule has 2 atom stereocenters. The monoisotopic (exact) mass is 225 g/mol. The van der Waals surface area contributed by atoms with Crippen molar-refractivity contribution in [1.82, 2.24) is 10.2 Å². The summed E-state index contributed by atoms with van der Waals surface area (Å²) in [4.78, 5) is 24.8. The number of hydrogen-bond acceptors (Lipinski definition) is 3. The van der Waals surface area contributed by atoms with Crippen LogP contribution in [0.2, 0.25) is 0 Å². The molecule has 1 saturated carbocycles. The molecule has 2 fully saturated rings. The lowest BCUT2D eigenvalue weighted by Gasteiger charge is -2.34. The van der Waals surface area contributed by atoms with Crippen molar-refractivity contribution in [3.63, 3.8) is 0 Å². The Bertz CT molecular complexity index is 302. The molecule has 5 heteroatoms. The van der Waals surface area contributed by atoms with Crippen LogP contribution in [0.3, 0.4) is 0 Å². The zero-order valence-corrected chi connectivity index (χ0v) is 9.61. The molecule has 2 unspecified atom stereocenters. The van der Waals surface area contributed by atoms with Crippen LogP contribution in [-0.2, 0) is 9.59 Å². The van der Waals surface area contributed by atoms with Gasteiger partial charge in [-0.3, -0.25) is 9.59 Å². The number of carbonyl (C=O) groups is 2. The maximum Gasteiger partial charge on any atom is 0.239 e. The minimum absolute atomic E-state index is 0.00794. The van der Waals surface area contributed by atoms with Crippen LogP contribution in [0.5, 0.6) is 0 Å². The average molecular weight is 225 g/mol. The van der Waals surface area contributed by atoms with Crippen LogP contribution in [0, 0.1) is 5.92 Å². The van der Waals surface area contributed by atoms with Crippen LogP contribution >= 0.6 is 0 Å².